The number of likely N-dealkylation sites (tertiary alicyclic amines) is 1. The van der Waals surface area contributed by atoms with Gasteiger partial charge in [0.15, 0.2) is 0 Å². The lowest BCUT2D eigenvalue weighted by molar-refractivity contribution is -0.388. The van der Waals surface area contributed by atoms with Gasteiger partial charge >= 0.3 is 12.4 Å². The summed E-state index contributed by atoms with van der Waals surface area (Å²) in [7, 11) is 0. The van der Waals surface area contributed by atoms with Crippen molar-refractivity contribution >= 4 is 23.0 Å². The summed E-state index contributed by atoms with van der Waals surface area (Å²) in [5.74, 6) is -0.322. The minimum atomic E-state index is -4.86. The third kappa shape index (κ3) is 7.26. The second-order valence-corrected chi connectivity index (χ2v) is 10.8. The van der Waals surface area contributed by atoms with Gasteiger partial charge in [0.1, 0.15) is 5.56 Å². The molecule has 0 spiro atoms. The average Bonchev–Trinajstić information content (AvgIpc) is 2.95. The topological polar surface area (TPSA) is 82.0 Å². The van der Waals surface area contributed by atoms with Gasteiger partial charge in [-0.1, -0.05) is 6.92 Å². The van der Waals surface area contributed by atoms with Crippen molar-refractivity contribution in [3.8, 4) is 0 Å². The molecule has 230 valence electrons. The molecule has 2 saturated heterocycles. The monoisotopic (exact) mass is 601 g/mol. The van der Waals surface area contributed by atoms with Crippen LogP contribution in [0.25, 0.3) is 0 Å². The zero-order chi connectivity index (χ0) is 30.8. The van der Waals surface area contributed by atoms with E-state index in [1.165, 1.54) is 18.2 Å². The highest BCUT2D eigenvalue weighted by molar-refractivity contribution is 5.79. The van der Waals surface area contributed by atoms with Crippen molar-refractivity contribution in [3.63, 3.8) is 0 Å². The van der Waals surface area contributed by atoms with Gasteiger partial charge in [0, 0.05) is 68.8 Å². The third-order valence-electron chi connectivity index (χ3n) is 8.24. The van der Waals surface area contributed by atoms with Gasteiger partial charge in [-0.25, -0.2) is 0 Å². The van der Waals surface area contributed by atoms with Gasteiger partial charge in [0.2, 0.25) is 5.91 Å². The first kappa shape index (κ1) is 31.4. The van der Waals surface area contributed by atoms with Crippen LogP contribution < -0.4 is 10.2 Å². The summed E-state index contributed by atoms with van der Waals surface area (Å²) in [5.41, 5.74) is -2.15. The molecular weight excluding hydrogens is 568 g/mol. The molecule has 4 rings (SSSR count). The molecule has 2 aliphatic heterocycles. The molecule has 2 aromatic rings. The second-order valence-electron chi connectivity index (χ2n) is 10.8. The van der Waals surface area contributed by atoms with E-state index in [9.17, 15) is 41.3 Å². The van der Waals surface area contributed by atoms with Crippen LogP contribution in [0.4, 0.5) is 43.4 Å². The first-order valence-electron chi connectivity index (χ1n) is 13.7. The molecule has 0 aromatic heterocycles. The van der Waals surface area contributed by atoms with Gasteiger partial charge < -0.3 is 15.1 Å². The lowest BCUT2D eigenvalue weighted by Gasteiger charge is -2.42. The molecule has 0 aliphatic carbocycles. The number of halogens is 6. The van der Waals surface area contributed by atoms with E-state index in [1.54, 1.807) is 4.90 Å². The molecule has 8 nitrogen and oxygen atoms in total. The van der Waals surface area contributed by atoms with Crippen LogP contribution in [0.3, 0.4) is 0 Å². The van der Waals surface area contributed by atoms with Crippen LogP contribution >= 0.6 is 0 Å². The Labute approximate surface area is 239 Å². The fraction of sp³-hybridized carbons (Fsp3) is 0.536. The van der Waals surface area contributed by atoms with Crippen molar-refractivity contribution < 1.29 is 36.1 Å². The number of hydrogen-bond acceptors (Lipinski definition) is 6. The van der Waals surface area contributed by atoms with Crippen LogP contribution in [-0.2, 0) is 17.1 Å². The number of piperidine rings is 1. The molecule has 2 unspecified atom stereocenters. The van der Waals surface area contributed by atoms with Crippen molar-refractivity contribution in [2.75, 3.05) is 49.5 Å². The maximum atomic E-state index is 13.3. The number of carbonyl (C=O) groups excluding carboxylic acids is 1. The number of amides is 1. The predicted molar refractivity (Wildman–Crippen MR) is 145 cm³/mol. The molecule has 0 radical (unpaired) electrons. The van der Waals surface area contributed by atoms with E-state index in [0.717, 1.165) is 30.0 Å². The summed E-state index contributed by atoms with van der Waals surface area (Å²) >= 11 is 0. The zero-order valence-corrected chi connectivity index (χ0v) is 23.2. The predicted octanol–water partition coefficient (Wildman–Crippen LogP) is 5.88. The van der Waals surface area contributed by atoms with Crippen LogP contribution in [0.5, 0.6) is 0 Å². The standard InChI is InChI=1S/C28H33F6N5O3/c1-18(19(2)36-13-15-37(16-14-36)23-6-3-20(4-7-23)27(29,30)31)26(40)38-11-9-21(10-12-38)35-22-5-8-25(39(41)42)24(17-22)28(32,33)34/h3-8,17-19,21,35H,9-16H2,1-2H3. The molecule has 1 amide bonds. The van der Waals surface area contributed by atoms with Crippen LogP contribution in [0.2, 0.25) is 0 Å². The van der Waals surface area contributed by atoms with Crippen LogP contribution in [0.15, 0.2) is 42.5 Å². The highest BCUT2D eigenvalue weighted by atomic mass is 19.4. The summed E-state index contributed by atoms with van der Waals surface area (Å²) in [6.07, 6.45) is -8.22. The van der Waals surface area contributed by atoms with Gasteiger partial charge in [-0.15, -0.1) is 0 Å². The maximum absolute atomic E-state index is 13.3. The smallest absolute Gasteiger partial charge is 0.382 e. The maximum Gasteiger partial charge on any atom is 0.423 e. The van der Waals surface area contributed by atoms with E-state index in [-0.39, 0.29) is 29.6 Å². The summed E-state index contributed by atoms with van der Waals surface area (Å²) in [5, 5.41) is 14.0. The average molecular weight is 602 g/mol. The van der Waals surface area contributed by atoms with Crippen molar-refractivity contribution in [1.29, 1.82) is 0 Å². The highest BCUT2D eigenvalue weighted by Gasteiger charge is 2.39. The van der Waals surface area contributed by atoms with E-state index < -0.39 is 34.1 Å². The third-order valence-corrected chi connectivity index (χ3v) is 8.24. The van der Waals surface area contributed by atoms with Gasteiger partial charge in [-0.2, -0.15) is 26.3 Å². The molecule has 1 N–H and O–H groups in total. The number of carbonyl (C=O) groups is 1. The zero-order valence-electron chi connectivity index (χ0n) is 23.2. The van der Waals surface area contributed by atoms with Crippen LogP contribution in [0.1, 0.15) is 37.8 Å². The minimum absolute atomic E-state index is 0.0131. The molecule has 0 bridgehead atoms. The fourth-order valence-electron chi connectivity index (χ4n) is 5.55. The molecule has 2 aliphatic rings. The quantitative estimate of drug-likeness (QED) is 0.243. The Morgan fingerprint density at radius 3 is 2.02 bits per heavy atom. The van der Waals surface area contributed by atoms with E-state index >= 15 is 0 Å². The van der Waals surface area contributed by atoms with E-state index in [4.69, 9.17) is 0 Å². The number of piperazine rings is 1. The molecule has 2 atom stereocenters. The largest absolute Gasteiger partial charge is 0.423 e. The Hall–Kier alpha value is -3.55. The molecular formula is C28H33F6N5O3. The summed E-state index contributed by atoms with van der Waals surface area (Å²) in [6, 6.07) is 7.70. The van der Waals surface area contributed by atoms with E-state index in [1.807, 2.05) is 18.7 Å². The number of nitrogens with one attached hydrogen (secondary N) is 1. The summed E-state index contributed by atoms with van der Waals surface area (Å²) in [4.78, 5) is 29.2. The summed E-state index contributed by atoms with van der Waals surface area (Å²) < 4.78 is 78.5. The lowest BCUT2D eigenvalue weighted by atomic mass is 9.97. The first-order valence-corrected chi connectivity index (χ1v) is 13.7. The molecule has 14 heteroatoms. The Bertz CT molecular complexity index is 1250. The Morgan fingerprint density at radius 2 is 1.50 bits per heavy atom. The normalized spacial score (nSPS) is 19.0. The minimum Gasteiger partial charge on any atom is -0.382 e. The molecule has 2 aromatic carbocycles. The number of anilines is 2. The molecule has 2 fully saturated rings. The van der Waals surface area contributed by atoms with Crippen molar-refractivity contribution in [2.45, 2.75) is 51.1 Å². The number of rotatable bonds is 7. The van der Waals surface area contributed by atoms with Crippen molar-refractivity contribution in [2.24, 2.45) is 5.92 Å². The number of nitrogens with zero attached hydrogens (tertiary/aromatic N) is 4. The number of benzene rings is 2. The summed E-state index contributed by atoms with van der Waals surface area (Å²) in [6.45, 7) is 7.25. The van der Waals surface area contributed by atoms with Crippen LogP contribution in [0, 0.1) is 16.0 Å². The molecule has 0 saturated carbocycles. The Balaban J connectivity index is 1.26. The highest BCUT2D eigenvalue weighted by Crippen LogP contribution is 2.38. The van der Waals surface area contributed by atoms with Gasteiger partial charge in [-0.05, 0) is 56.2 Å². The van der Waals surface area contributed by atoms with Crippen molar-refractivity contribution in [3.05, 3.63) is 63.7 Å². The van der Waals surface area contributed by atoms with Crippen molar-refractivity contribution in [1.82, 2.24) is 9.80 Å². The fourth-order valence-corrected chi connectivity index (χ4v) is 5.55. The van der Waals surface area contributed by atoms with Crippen LogP contribution in [-0.4, -0.2) is 72.0 Å². The number of nitro groups is 1. The molecule has 2 heterocycles. The Morgan fingerprint density at radius 1 is 0.905 bits per heavy atom. The second kappa shape index (κ2) is 12.4. The van der Waals surface area contributed by atoms with Gasteiger partial charge in [0.25, 0.3) is 5.69 Å². The van der Waals surface area contributed by atoms with Gasteiger partial charge in [0.05, 0.1) is 16.4 Å². The Kier molecular flexibility index (Phi) is 9.24. The van der Waals surface area contributed by atoms with E-state index in [2.05, 4.69) is 10.2 Å². The lowest BCUT2D eigenvalue weighted by Crippen LogP contribution is -2.54. The number of nitro benzene ring substituents is 1. The van der Waals surface area contributed by atoms with E-state index in [0.29, 0.717) is 52.1 Å². The first-order chi connectivity index (χ1) is 19.6. The number of hydrogen-bond donors (Lipinski definition) is 1. The number of alkyl halides is 6. The molecule has 42 heavy (non-hydrogen) atoms. The van der Waals surface area contributed by atoms with Gasteiger partial charge in [-0.3, -0.25) is 19.8 Å². The SMILES string of the molecule is CC(C(=O)N1CCC(Nc2ccc([N+](=O)[O-])c(C(F)(F)F)c2)CC1)C(C)N1CCN(c2ccc(C(F)(F)F)cc2)CC1.